The number of nitrogens with zero attached hydrogens (tertiary/aromatic N) is 3. The molecule has 0 N–H and O–H groups in total. The lowest BCUT2D eigenvalue weighted by atomic mass is 9.92. The average molecular weight is 478 g/mol. The molecule has 178 valence electrons. The van der Waals surface area contributed by atoms with Gasteiger partial charge in [-0.3, -0.25) is 4.57 Å². The summed E-state index contributed by atoms with van der Waals surface area (Å²) in [5.41, 5.74) is 13.1. The van der Waals surface area contributed by atoms with E-state index in [9.17, 15) is 0 Å². The summed E-state index contributed by atoms with van der Waals surface area (Å²) in [5.74, 6) is 1.09. The number of para-hydroxylation sites is 2. The normalized spacial score (nSPS) is 12.1. The molecular formula is C34H27N3. The van der Waals surface area contributed by atoms with E-state index >= 15 is 0 Å². The molecule has 0 atom stereocenters. The van der Waals surface area contributed by atoms with Crippen LogP contribution in [0.1, 0.15) is 12.7 Å². The molecule has 1 aliphatic heterocycles. The van der Waals surface area contributed by atoms with E-state index in [1.54, 1.807) is 0 Å². The highest BCUT2D eigenvalue weighted by Gasteiger charge is 2.28. The fourth-order valence-electron chi connectivity index (χ4n) is 5.70. The Kier molecular flexibility index (Phi) is 4.97. The van der Waals surface area contributed by atoms with Gasteiger partial charge < -0.3 is 4.90 Å². The van der Waals surface area contributed by atoms with E-state index in [2.05, 4.69) is 139 Å². The molecule has 2 heterocycles. The first-order chi connectivity index (χ1) is 18.2. The van der Waals surface area contributed by atoms with Crippen LogP contribution in [0.2, 0.25) is 0 Å². The molecule has 37 heavy (non-hydrogen) atoms. The summed E-state index contributed by atoms with van der Waals surface area (Å²) in [6, 6.07) is 41.3. The number of hydrogen-bond acceptors (Lipinski definition) is 2. The van der Waals surface area contributed by atoms with E-state index in [1.807, 2.05) is 0 Å². The van der Waals surface area contributed by atoms with E-state index in [1.165, 1.54) is 56.0 Å². The van der Waals surface area contributed by atoms with Gasteiger partial charge in [0.05, 0.1) is 28.1 Å². The van der Waals surface area contributed by atoms with Crippen molar-refractivity contribution in [2.75, 3.05) is 11.9 Å². The first kappa shape index (κ1) is 21.6. The minimum atomic E-state index is 0.878. The van der Waals surface area contributed by atoms with E-state index in [0.717, 1.165) is 17.8 Å². The van der Waals surface area contributed by atoms with Crippen LogP contribution in [0.5, 0.6) is 0 Å². The number of fused-ring (bicyclic) bond motifs is 2. The number of aryl methyl sites for hydroxylation is 1. The molecule has 3 heteroatoms. The lowest BCUT2D eigenvalue weighted by molar-refractivity contribution is 0.897. The second-order valence-electron chi connectivity index (χ2n) is 9.63. The molecule has 0 saturated carbocycles. The highest BCUT2D eigenvalue weighted by atomic mass is 15.2. The fraction of sp³-hybridized carbons (Fsp3) is 0.0882. The predicted octanol–water partition coefficient (Wildman–Crippen LogP) is 8.67. The third kappa shape index (κ3) is 3.39. The van der Waals surface area contributed by atoms with E-state index in [0.29, 0.717) is 0 Å². The first-order valence-corrected chi connectivity index (χ1v) is 12.9. The highest BCUT2D eigenvalue weighted by molar-refractivity contribution is 6.05. The smallest absolute Gasteiger partial charge is 0.114 e. The molecule has 0 unspecified atom stereocenters. The molecule has 1 aliphatic rings. The summed E-state index contributed by atoms with van der Waals surface area (Å²) in [6.45, 7) is 2.18. The molecule has 0 radical (unpaired) electrons. The Bertz CT molecular complexity index is 1710. The Balaban J connectivity index is 1.54. The molecule has 7 rings (SSSR count). The topological polar surface area (TPSA) is 21.1 Å². The van der Waals surface area contributed by atoms with Gasteiger partial charge in [-0.25, -0.2) is 4.98 Å². The van der Waals surface area contributed by atoms with Crippen LogP contribution < -0.4 is 4.90 Å². The zero-order valence-corrected chi connectivity index (χ0v) is 21.0. The Morgan fingerprint density at radius 3 is 1.78 bits per heavy atom. The van der Waals surface area contributed by atoms with Crippen molar-refractivity contribution in [2.45, 2.75) is 13.3 Å². The quantitative estimate of drug-likeness (QED) is 0.253. The van der Waals surface area contributed by atoms with Crippen molar-refractivity contribution in [2.24, 2.45) is 0 Å². The van der Waals surface area contributed by atoms with Crippen LogP contribution in [0, 0.1) is 0 Å². The van der Waals surface area contributed by atoms with Gasteiger partial charge in [-0.1, -0.05) is 79.7 Å². The Morgan fingerprint density at radius 1 is 0.595 bits per heavy atom. The molecule has 0 saturated heterocycles. The highest BCUT2D eigenvalue weighted by Crippen LogP contribution is 2.47. The number of hydrogen-bond donors (Lipinski definition) is 0. The number of rotatable bonds is 4. The molecule has 0 fully saturated rings. The number of imidazole rings is 1. The number of aromatic nitrogens is 2. The second-order valence-corrected chi connectivity index (χ2v) is 9.63. The van der Waals surface area contributed by atoms with Crippen molar-refractivity contribution < 1.29 is 0 Å². The largest absolute Gasteiger partial charge is 0.341 e. The van der Waals surface area contributed by atoms with Gasteiger partial charge in [-0.05, 0) is 70.3 Å². The van der Waals surface area contributed by atoms with E-state index in [-0.39, 0.29) is 0 Å². The molecule has 6 aromatic rings. The van der Waals surface area contributed by atoms with Crippen molar-refractivity contribution in [1.82, 2.24) is 9.55 Å². The maximum atomic E-state index is 5.04. The maximum Gasteiger partial charge on any atom is 0.114 e. The molecule has 5 aromatic carbocycles. The monoisotopic (exact) mass is 477 g/mol. The standard InChI is InChI=1S/C34H27N3/c1-3-32-35-29-19-18-28(33-34(29)37(32)31-17-11-10-16-30(31)36(33)2)27-21-25(23-12-6-4-7-13-23)20-26(22-27)24-14-8-5-9-15-24/h4-22H,3H2,1-2H3. The third-order valence-electron chi connectivity index (χ3n) is 7.46. The molecule has 3 nitrogen and oxygen atoms in total. The molecule has 0 aliphatic carbocycles. The van der Waals surface area contributed by atoms with Crippen LogP contribution in [-0.2, 0) is 6.42 Å². The number of anilines is 2. The van der Waals surface area contributed by atoms with Gasteiger partial charge in [0.15, 0.2) is 0 Å². The lowest BCUT2D eigenvalue weighted by Crippen LogP contribution is -2.19. The van der Waals surface area contributed by atoms with Crippen LogP contribution in [0.15, 0.2) is 115 Å². The van der Waals surface area contributed by atoms with Crippen LogP contribution in [-0.4, -0.2) is 16.6 Å². The minimum absolute atomic E-state index is 0.878. The zero-order valence-electron chi connectivity index (χ0n) is 21.0. The van der Waals surface area contributed by atoms with Gasteiger partial charge in [-0.15, -0.1) is 0 Å². The van der Waals surface area contributed by atoms with Crippen molar-refractivity contribution in [3.05, 3.63) is 121 Å². The summed E-state index contributed by atoms with van der Waals surface area (Å²) in [6.07, 6.45) is 0.878. The van der Waals surface area contributed by atoms with Crippen LogP contribution in [0.25, 0.3) is 50.1 Å². The Labute approximate surface area is 217 Å². The van der Waals surface area contributed by atoms with Gasteiger partial charge in [0.1, 0.15) is 5.82 Å². The SMILES string of the molecule is CCc1nc2ccc(-c3cc(-c4ccccc4)cc(-c4ccccc4)c3)c3c2n1-c1ccccc1N3C. The average Bonchev–Trinajstić information content (AvgIpc) is 3.35. The summed E-state index contributed by atoms with van der Waals surface area (Å²) < 4.78 is 2.36. The molecule has 0 amide bonds. The van der Waals surface area contributed by atoms with Crippen LogP contribution in [0.3, 0.4) is 0 Å². The van der Waals surface area contributed by atoms with Crippen molar-refractivity contribution in [1.29, 1.82) is 0 Å². The first-order valence-electron chi connectivity index (χ1n) is 12.9. The summed E-state index contributed by atoms with van der Waals surface area (Å²) >= 11 is 0. The van der Waals surface area contributed by atoms with Gasteiger partial charge in [0, 0.05) is 19.0 Å². The van der Waals surface area contributed by atoms with Crippen LogP contribution in [0.4, 0.5) is 11.4 Å². The van der Waals surface area contributed by atoms with Gasteiger partial charge in [0.25, 0.3) is 0 Å². The van der Waals surface area contributed by atoms with Gasteiger partial charge >= 0.3 is 0 Å². The minimum Gasteiger partial charge on any atom is -0.341 e. The fourth-order valence-corrected chi connectivity index (χ4v) is 5.70. The van der Waals surface area contributed by atoms with Crippen molar-refractivity contribution >= 4 is 22.4 Å². The van der Waals surface area contributed by atoms with Gasteiger partial charge in [-0.2, -0.15) is 0 Å². The summed E-state index contributed by atoms with van der Waals surface area (Å²) in [7, 11) is 2.18. The van der Waals surface area contributed by atoms with Crippen molar-refractivity contribution in [3.63, 3.8) is 0 Å². The van der Waals surface area contributed by atoms with Gasteiger partial charge in [0.2, 0.25) is 0 Å². The molecule has 1 aromatic heterocycles. The second kappa shape index (κ2) is 8.49. The van der Waals surface area contributed by atoms with E-state index in [4.69, 9.17) is 4.98 Å². The van der Waals surface area contributed by atoms with Crippen molar-refractivity contribution in [3.8, 4) is 39.1 Å². The lowest BCUT2D eigenvalue weighted by Gasteiger charge is -2.31. The third-order valence-corrected chi connectivity index (χ3v) is 7.46. The molecular weight excluding hydrogens is 450 g/mol. The number of benzene rings is 5. The summed E-state index contributed by atoms with van der Waals surface area (Å²) in [5, 5.41) is 0. The maximum absolute atomic E-state index is 5.04. The zero-order chi connectivity index (χ0) is 24.9. The Morgan fingerprint density at radius 2 is 1.16 bits per heavy atom. The molecule has 0 bridgehead atoms. The molecule has 0 spiro atoms. The Hall–Kier alpha value is -4.63. The predicted molar refractivity (Wildman–Crippen MR) is 155 cm³/mol. The summed E-state index contributed by atoms with van der Waals surface area (Å²) in [4.78, 5) is 7.38. The van der Waals surface area contributed by atoms with E-state index < -0.39 is 0 Å². The van der Waals surface area contributed by atoms with Crippen LogP contribution >= 0.6 is 0 Å².